The number of aryl methyl sites for hydroxylation is 4. The average molecular weight is 814 g/mol. The molecule has 0 saturated carbocycles. The van der Waals surface area contributed by atoms with Crippen molar-refractivity contribution in [1.29, 1.82) is 0 Å². The Morgan fingerprint density at radius 2 is 0.759 bits per heavy atom. The number of aliphatic hydroxyl groups is 1. The van der Waals surface area contributed by atoms with Gasteiger partial charge >= 0.3 is 0 Å². The Balaban J connectivity index is 0.000000540. The van der Waals surface area contributed by atoms with E-state index < -0.39 is 11.8 Å². The molecular formula is C46H73BrN2O5. The van der Waals surface area contributed by atoms with Gasteiger partial charge in [-0.2, -0.15) is 0 Å². The van der Waals surface area contributed by atoms with Crippen LogP contribution < -0.4 is 10.6 Å². The molecule has 2 amide bonds. The number of rotatable bonds is 32. The minimum Gasteiger partial charge on any atom is -0.396 e. The number of unbranched alkanes of at least 4 members (excludes halogenated alkanes) is 14. The molecule has 304 valence electrons. The molecule has 54 heavy (non-hydrogen) atoms. The van der Waals surface area contributed by atoms with E-state index in [9.17, 15) is 19.2 Å². The quantitative estimate of drug-likeness (QED) is 0.0387. The maximum atomic E-state index is 11.4. The van der Waals surface area contributed by atoms with Crippen LogP contribution in [0.1, 0.15) is 165 Å². The zero-order chi connectivity index (χ0) is 39.5. The van der Waals surface area contributed by atoms with Crippen LogP contribution >= 0.6 is 15.9 Å². The lowest BCUT2D eigenvalue weighted by Crippen LogP contribution is -2.31. The fraction of sp³-hybridized carbons (Fsp3) is 0.652. The van der Waals surface area contributed by atoms with Gasteiger partial charge in [0.1, 0.15) is 0 Å². The number of carbonyl (C=O) groups is 4. The van der Waals surface area contributed by atoms with Crippen LogP contribution in [0.5, 0.6) is 0 Å². The Bertz CT molecular complexity index is 1190. The van der Waals surface area contributed by atoms with Crippen LogP contribution in [0.3, 0.4) is 0 Å². The molecule has 2 aromatic carbocycles. The van der Waals surface area contributed by atoms with E-state index in [4.69, 9.17) is 5.11 Å². The number of nitrogens with one attached hydrogen (secondary N) is 2. The smallest absolute Gasteiger partial charge is 0.287 e. The molecule has 7 nitrogen and oxygen atoms in total. The molecular weight excluding hydrogens is 740 g/mol. The predicted molar refractivity (Wildman–Crippen MR) is 228 cm³/mol. The van der Waals surface area contributed by atoms with Crippen molar-refractivity contribution >= 4 is 39.3 Å². The zero-order valence-corrected chi connectivity index (χ0v) is 35.5. The lowest BCUT2D eigenvalue weighted by molar-refractivity contribution is -0.137. The number of alkyl halides is 1. The average Bonchev–Trinajstić information content (AvgIpc) is 3.19. The zero-order valence-electron chi connectivity index (χ0n) is 33.9. The van der Waals surface area contributed by atoms with E-state index in [-0.39, 0.29) is 24.4 Å². The molecule has 0 heterocycles. The number of ketones is 2. The van der Waals surface area contributed by atoms with Crippen LogP contribution in [0.4, 0.5) is 0 Å². The van der Waals surface area contributed by atoms with Gasteiger partial charge in [0.25, 0.3) is 11.8 Å². The predicted octanol–water partition coefficient (Wildman–Crippen LogP) is 10.1. The first-order valence-corrected chi connectivity index (χ1v) is 22.4. The Kier molecular flexibility index (Phi) is 31.5. The van der Waals surface area contributed by atoms with Crippen molar-refractivity contribution in [3.05, 3.63) is 70.8 Å². The van der Waals surface area contributed by atoms with Crippen molar-refractivity contribution in [3.63, 3.8) is 0 Å². The number of halogens is 1. The summed E-state index contributed by atoms with van der Waals surface area (Å²) >= 11 is 3.49. The molecule has 0 spiro atoms. The van der Waals surface area contributed by atoms with E-state index in [0.717, 1.165) is 63.1 Å². The minimum absolute atomic E-state index is 0.266. The second-order valence-corrected chi connectivity index (χ2v) is 15.2. The molecule has 2 aromatic rings. The third kappa shape index (κ3) is 25.3. The highest BCUT2D eigenvalue weighted by Crippen LogP contribution is 2.18. The number of hydrogen-bond donors (Lipinski definition) is 3. The summed E-state index contributed by atoms with van der Waals surface area (Å²) in [5.74, 6) is -1.56. The van der Waals surface area contributed by atoms with Crippen molar-refractivity contribution in [2.45, 2.75) is 168 Å². The van der Waals surface area contributed by atoms with Crippen molar-refractivity contribution in [3.8, 4) is 0 Å². The van der Waals surface area contributed by atoms with Gasteiger partial charge in [-0.1, -0.05) is 143 Å². The van der Waals surface area contributed by atoms with Crippen LogP contribution in [-0.2, 0) is 44.9 Å². The fourth-order valence-electron chi connectivity index (χ4n) is 6.50. The summed E-state index contributed by atoms with van der Waals surface area (Å²) in [6.45, 7) is 4.89. The van der Waals surface area contributed by atoms with Gasteiger partial charge in [-0.25, -0.2) is 0 Å². The van der Waals surface area contributed by atoms with Crippen LogP contribution in [-0.4, -0.2) is 53.5 Å². The van der Waals surface area contributed by atoms with Gasteiger partial charge in [0.05, 0.1) is 0 Å². The van der Waals surface area contributed by atoms with Crippen LogP contribution in [0.2, 0.25) is 0 Å². The molecule has 0 aliphatic carbocycles. The minimum atomic E-state index is -0.450. The molecule has 0 unspecified atom stereocenters. The summed E-state index contributed by atoms with van der Waals surface area (Å²) in [6.07, 6.45) is 26.4. The molecule has 0 saturated heterocycles. The SMILES string of the molecule is CCC(=O)C(=O)NCCCCc1ccccc1CCCCCCCCCBr.CCC(=O)C(=O)NCCCCc1ccccc1CCCCCCCCCO. The van der Waals surface area contributed by atoms with Crippen LogP contribution in [0.25, 0.3) is 0 Å². The van der Waals surface area contributed by atoms with Gasteiger partial charge in [-0.3, -0.25) is 19.2 Å². The molecule has 2 rings (SSSR count). The fourth-order valence-corrected chi connectivity index (χ4v) is 6.90. The summed E-state index contributed by atoms with van der Waals surface area (Å²) in [6, 6.07) is 17.4. The first-order valence-electron chi connectivity index (χ1n) is 21.3. The Labute approximate surface area is 336 Å². The second-order valence-electron chi connectivity index (χ2n) is 14.4. The number of aliphatic hydroxyl groups excluding tert-OH is 1. The van der Waals surface area contributed by atoms with E-state index in [0.29, 0.717) is 19.7 Å². The Morgan fingerprint density at radius 3 is 1.07 bits per heavy atom. The maximum Gasteiger partial charge on any atom is 0.287 e. The molecule has 0 radical (unpaired) electrons. The highest BCUT2D eigenvalue weighted by Gasteiger charge is 2.11. The van der Waals surface area contributed by atoms with E-state index in [2.05, 4.69) is 75.1 Å². The lowest BCUT2D eigenvalue weighted by Gasteiger charge is -2.10. The number of carbonyl (C=O) groups excluding carboxylic acids is 4. The van der Waals surface area contributed by atoms with Gasteiger partial charge in [-0.15, -0.1) is 0 Å². The number of hydrogen-bond acceptors (Lipinski definition) is 5. The summed E-state index contributed by atoms with van der Waals surface area (Å²) in [5, 5.41) is 15.3. The molecule has 0 atom stereocenters. The van der Waals surface area contributed by atoms with Gasteiger partial charge in [0.2, 0.25) is 11.6 Å². The Hall–Kier alpha value is -2.84. The Morgan fingerprint density at radius 1 is 0.463 bits per heavy atom. The third-order valence-electron chi connectivity index (χ3n) is 9.89. The molecule has 3 N–H and O–H groups in total. The van der Waals surface area contributed by atoms with Crippen LogP contribution in [0.15, 0.2) is 48.5 Å². The molecule has 0 aliphatic heterocycles. The van der Waals surface area contributed by atoms with E-state index >= 15 is 0 Å². The molecule has 0 aromatic heterocycles. The first kappa shape index (κ1) is 49.2. The monoisotopic (exact) mass is 812 g/mol. The normalized spacial score (nSPS) is 10.7. The van der Waals surface area contributed by atoms with Crippen molar-refractivity contribution in [2.24, 2.45) is 0 Å². The van der Waals surface area contributed by atoms with Gasteiger partial charge < -0.3 is 15.7 Å². The number of Topliss-reactive ketones (excluding diaryl/α,β-unsaturated/α-hetero) is 2. The van der Waals surface area contributed by atoms with Gasteiger partial charge in [0, 0.05) is 37.9 Å². The van der Waals surface area contributed by atoms with E-state index in [1.54, 1.807) is 13.8 Å². The van der Waals surface area contributed by atoms with Gasteiger partial charge in [-0.05, 0) is 99.3 Å². The van der Waals surface area contributed by atoms with Crippen molar-refractivity contribution in [1.82, 2.24) is 10.6 Å². The third-order valence-corrected chi connectivity index (χ3v) is 10.4. The summed E-state index contributed by atoms with van der Waals surface area (Å²) in [4.78, 5) is 45.4. The summed E-state index contributed by atoms with van der Waals surface area (Å²) in [5.41, 5.74) is 5.77. The lowest BCUT2D eigenvalue weighted by atomic mass is 9.97. The highest BCUT2D eigenvalue weighted by molar-refractivity contribution is 9.09. The largest absolute Gasteiger partial charge is 0.396 e. The number of benzene rings is 2. The van der Waals surface area contributed by atoms with E-state index in [1.165, 1.54) is 106 Å². The van der Waals surface area contributed by atoms with Crippen molar-refractivity contribution < 1.29 is 24.3 Å². The topological polar surface area (TPSA) is 113 Å². The van der Waals surface area contributed by atoms with Crippen LogP contribution in [0, 0.1) is 0 Å². The first-order chi connectivity index (χ1) is 26.4. The molecule has 8 heteroatoms. The molecule has 0 fully saturated rings. The highest BCUT2D eigenvalue weighted by atomic mass is 79.9. The maximum absolute atomic E-state index is 11.4. The summed E-state index contributed by atoms with van der Waals surface area (Å²) < 4.78 is 0. The van der Waals surface area contributed by atoms with Crippen molar-refractivity contribution in [2.75, 3.05) is 25.0 Å². The standard InChI is InChI=1S/C23H36BrNO2.C23H37NO3/c1-2-22(26)23(27)25-19-13-11-17-21-16-10-9-15-20(21)14-8-6-4-3-5-7-12-18-24;1-2-22(26)23(27)24-18-12-11-17-21-16-10-9-15-20(21)14-8-6-4-3-5-7-13-19-25/h9-10,15-16H,2-8,11-14,17-19H2,1H3,(H,25,27);9-10,15-16,25H,2-8,11-14,17-19H2,1H3,(H,24,27). The number of amides is 2. The van der Waals surface area contributed by atoms with Gasteiger partial charge in [0.15, 0.2) is 0 Å². The summed E-state index contributed by atoms with van der Waals surface area (Å²) in [7, 11) is 0. The molecule has 0 aliphatic rings. The second kappa shape index (κ2) is 34.6. The van der Waals surface area contributed by atoms with E-state index in [1.807, 2.05) is 0 Å². The molecule has 0 bridgehead atoms.